The highest BCUT2D eigenvalue weighted by atomic mass is 35.5. The van der Waals surface area contributed by atoms with E-state index in [1.165, 1.54) is 18.1 Å². The fourth-order valence-corrected chi connectivity index (χ4v) is 2.31. The normalized spacial score (nSPS) is 11.5. The van der Waals surface area contributed by atoms with Crippen molar-refractivity contribution in [2.45, 2.75) is 6.10 Å². The van der Waals surface area contributed by atoms with Crippen molar-refractivity contribution in [1.29, 1.82) is 0 Å². The number of carbonyl (C=O) groups excluding carboxylic acids is 2. The van der Waals surface area contributed by atoms with E-state index in [4.69, 9.17) is 21.1 Å². The average Bonchev–Trinajstić information content (AvgIpc) is 2.59. The molecule has 0 spiro atoms. The molecule has 2 aromatic rings. The SMILES string of the molecule is COc1ccc(Cl)cc1C(=O)OC(C(=O)N(C)C)c1ccccc1. The molecule has 0 aliphatic rings. The Labute approximate surface area is 145 Å². The summed E-state index contributed by atoms with van der Waals surface area (Å²) in [7, 11) is 4.65. The summed E-state index contributed by atoms with van der Waals surface area (Å²) in [6.07, 6.45) is -1.04. The number of carbonyl (C=O) groups is 2. The Morgan fingerprint density at radius 3 is 2.33 bits per heavy atom. The number of ether oxygens (including phenoxy) is 2. The number of methoxy groups -OCH3 is 1. The van der Waals surface area contributed by atoms with Gasteiger partial charge >= 0.3 is 5.97 Å². The van der Waals surface area contributed by atoms with Crippen molar-refractivity contribution in [2.75, 3.05) is 21.2 Å². The number of halogens is 1. The minimum absolute atomic E-state index is 0.164. The zero-order valence-corrected chi connectivity index (χ0v) is 14.4. The number of rotatable bonds is 5. The van der Waals surface area contributed by atoms with E-state index in [0.29, 0.717) is 16.3 Å². The molecule has 2 rings (SSSR count). The van der Waals surface area contributed by atoms with Crippen LogP contribution >= 0.6 is 11.6 Å². The van der Waals surface area contributed by atoms with Crippen LogP contribution in [0.1, 0.15) is 22.0 Å². The predicted octanol–water partition coefficient (Wildman–Crippen LogP) is 3.33. The van der Waals surface area contributed by atoms with Crippen molar-refractivity contribution in [3.63, 3.8) is 0 Å². The first kappa shape index (κ1) is 17.8. The summed E-state index contributed by atoms with van der Waals surface area (Å²) in [5.41, 5.74) is 0.753. The third kappa shape index (κ3) is 4.06. The number of likely N-dealkylation sites (N-methyl/N-ethyl adjacent to an activating group) is 1. The van der Waals surface area contributed by atoms with E-state index in [9.17, 15) is 9.59 Å². The lowest BCUT2D eigenvalue weighted by atomic mass is 10.1. The maximum Gasteiger partial charge on any atom is 0.343 e. The Balaban J connectivity index is 2.35. The molecule has 0 aliphatic heterocycles. The van der Waals surface area contributed by atoms with E-state index in [1.54, 1.807) is 50.5 Å². The van der Waals surface area contributed by atoms with Crippen LogP contribution in [0.2, 0.25) is 5.02 Å². The summed E-state index contributed by atoms with van der Waals surface area (Å²) in [5, 5.41) is 0.373. The molecule has 126 valence electrons. The molecule has 0 bridgehead atoms. The second kappa shape index (κ2) is 7.84. The number of hydrogen-bond donors (Lipinski definition) is 0. The lowest BCUT2D eigenvalue weighted by Gasteiger charge is -2.21. The highest BCUT2D eigenvalue weighted by Gasteiger charge is 2.28. The Morgan fingerprint density at radius 1 is 1.08 bits per heavy atom. The topological polar surface area (TPSA) is 55.8 Å². The van der Waals surface area contributed by atoms with E-state index in [0.717, 1.165) is 0 Å². The molecule has 1 atom stereocenters. The molecule has 1 unspecified atom stereocenters. The van der Waals surface area contributed by atoms with Crippen LogP contribution in [-0.2, 0) is 9.53 Å². The Hall–Kier alpha value is -2.53. The van der Waals surface area contributed by atoms with Gasteiger partial charge in [-0.15, -0.1) is 0 Å². The minimum atomic E-state index is -1.04. The molecule has 0 aliphatic carbocycles. The summed E-state index contributed by atoms with van der Waals surface area (Å²) in [6, 6.07) is 13.5. The number of benzene rings is 2. The second-order valence-electron chi connectivity index (χ2n) is 5.27. The quantitative estimate of drug-likeness (QED) is 0.778. The highest BCUT2D eigenvalue weighted by Crippen LogP contribution is 2.27. The summed E-state index contributed by atoms with van der Waals surface area (Å²) in [5.74, 6) is -0.692. The predicted molar refractivity (Wildman–Crippen MR) is 91.3 cm³/mol. The number of hydrogen-bond acceptors (Lipinski definition) is 4. The van der Waals surface area contributed by atoms with Gasteiger partial charge in [-0.3, -0.25) is 4.79 Å². The largest absolute Gasteiger partial charge is 0.496 e. The van der Waals surface area contributed by atoms with E-state index in [2.05, 4.69) is 0 Å². The molecule has 0 saturated heterocycles. The maximum absolute atomic E-state index is 12.6. The summed E-state index contributed by atoms with van der Waals surface area (Å²) in [6.45, 7) is 0. The zero-order valence-electron chi connectivity index (χ0n) is 13.7. The molecular weight excluding hydrogens is 330 g/mol. The van der Waals surface area contributed by atoms with Crippen LogP contribution < -0.4 is 4.74 Å². The monoisotopic (exact) mass is 347 g/mol. The van der Waals surface area contributed by atoms with Gasteiger partial charge in [0.2, 0.25) is 6.10 Å². The Bertz CT molecular complexity index is 731. The standard InChI is InChI=1S/C18H18ClNO4/c1-20(2)17(21)16(12-7-5-4-6-8-12)24-18(22)14-11-13(19)9-10-15(14)23-3/h4-11,16H,1-3H3. The zero-order chi connectivity index (χ0) is 17.7. The lowest BCUT2D eigenvalue weighted by Crippen LogP contribution is -2.31. The third-order valence-corrected chi connectivity index (χ3v) is 3.61. The molecule has 0 fully saturated rings. The van der Waals surface area contributed by atoms with Gasteiger partial charge in [0.05, 0.1) is 7.11 Å². The molecule has 0 heterocycles. The molecular formula is C18H18ClNO4. The summed E-state index contributed by atoms with van der Waals surface area (Å²) < 4.78 is 10.6. The van der Waals surface area contributed by atoms with Crippen LogP contribution in [0, 0.1) is 0 Å². The van der Waals surface area contributed by atoms with E-state index >= 15 is 0 Å². The molecule has 6 heteroatoms. The van der Waals surface area contributed by atoms with Gasteiger partial charge in [0.1, 0.15) is 11.3 Å². The lowest BCUT2D eigenvalue weighted by molar-refractivity contribution is -0.138. The van der Waals surface area contributed by atoms with Crippen LogP contribution in [0.25, 0.3) is 0 Å². The van der Waals surface area contributed by atoms with Crippen molar-refractivity contribution < 1.29 is 19.1 Å². The number of esters is 1. The fourth-order valence-electron chi connectivity index (χ4n) is 2.13. The Kier molecular flexibility index (Phi) is 5.82. The van der Waals surface area contributed by atoms with Crippen LogP contribution in [-0.4, -0.2) is 38.0 Å². The van der Waals surface area contributed by atoms with Gasteiger partial charge in [0.15, 0.2) is 0 Å². The van der Waals surface area contributed by atoms with Crippen molar-refractivity contribution in [3.05, 3.63) is 64.7 Å². The van der Waals surface area contributed by atoms with Gasteiger partial charge in [-0.25, -0.2) is 4.79 Å². The van der Waals surface area contributed by atoms with E-state index in [-0.39, 0.29) is 11.5 Å². The molecule has 0 N–H and O–H groups in total. The highest BCUT2D eigenvalue weighted by molar-refractivity contribution is 6.31. The molecule has 1 amide bonds. The van der Waals surface area contributed by atoms with Gasteiger partial charge in [0.25, 0.3) is 5.91 Å². The van der Waals surface area contributed by atoms with Gasteiger partial charge in [-0.2, -0.15) is 0 Å². The second-order valence-corrected chi connectivity index (χ2v) is 5.71. The van der Waals surface area contributed by atoms with Crippen LogP contribution in [0.4, 0.5) is 0 Å². The molecule has 5 nitrogen and oxygen atoms in total. The van der Waals surface area contributed by atoms with Crippen molar-refractivity contribution >= 4 is 23.5 Å². The first-order chi connectivity index (χ1) is 11.4. The summed E-state index contributed by atoms with van der Waals surface area (Å²) >= 11 is 5.95. The van der Waals surface area contributed by atoms with Crippen molar-refractivity contribution in [3.8, 4) is 5.75 Å². The van der Waals surface area contributed by atoms with Gasteiger partial charge in [-0.1, -0.05) is 41.9 Å². The first-order valence-electron chi connectivity index (χ1n) is 7.24. The Morgan fingerprint density at radius 2 is 1.75 bits per heavy atom. The fraction of sp³-hybridized carbons (Fsp3) is 0.222. The molecule has 0 radical (unpaired) electrons. The van der Waals surface area contributed by atoms with E-state index < -0.39 is 12.1 Å². The van der Waals surface area contributed by atoms with Gasteiger partial charge in [-0.05, 0) is 18.2 Å². The molecule has 0 aromatic heterocycles. The first-order valence-corrected chi connectivity index (χ1v) is 7.62. The molecule has 0 saturated carbocycles. The van der Waals surface area contributed by atoms with Crippen LogP contribution in [0.5, 0.6) is 5.75 Å². The van der Waals surface area contributed by atoms with Crippen molar-refractivity contribution in [2.24, 2.45) is 0 Å². The number of nitrogens with zero attached hydrogens (tertiary/aromatic N) is 1. The smallest absolute Gasteiger partial charge is 0.343 e. The molecule has 2 aromatic carbocycles. The average molecular weight is 348 g/mol. The van der Waals surface area contributed by atoms with Crippen molar-refractivity contribution in [1.82, 2.24) is 4.90 Å². The van der Waals surface area contributed by atoms with Gasteiger partial charge < -0.3 is 14.4 Å². The van der Waals surface area contributed by atoms with Gasteiger partial charge in [0, 0.05) is 24.7 Å². The number of amides is 1. The summed E-state index contributed by atoms with van der Waals surface area (Å²) in [4.78, 5) is 26.4. The minimum Gasteiger partial charge on any atom is -0.496 e. The maximum atomic E-state index is 12.6. The van der Waals surface area contributed by atoms with Crippen LogP contribution in [0.3, 0.4) is 0 Å². The molecule has 24 heavy (non-hydrogen) atoms. The third-order valence-electron chi connectivity index (χ3n) is 3.37. The van der Waals surface area contributed by atoms with E-state index in [1.807, 2.05) is 6.07 Å². The van der Waals surface area contributed by atoms with Crippen LogP contribution in [0.15, 0.2) is 48.5 Å².